The van der Waals surface area contributed by atoms with Crippen LogP contribution in [0.15, 0.2) is 30.6 Å². The summed E-state index contributed by atoms with van der Waals surface area (Å²) in [5.74, 6) is -5.31. The fourth-order valence-corrected chi connectivity index (χ4v) is 3.75. The van der Waals surface area contributed by atoms with Crippen LogP contribution in [0.4, 0.5) is 13.2 Å². The standard InChI is InChI=1S/C22H23F3N4O4/c1-12-11-28(2-3-29(12)21(31)14-4-15(22(32)33)10-27-9-14)20(30)7-16(26)5-13-6-18(24)19(25)8-17(13)23/h4,6,8-10,12,16H,2-3,5,7,11,26H2,1H3,(H,32,33)/t12-,16-/m1/s1. The van der Waals surface area contributed by atoms with Gasteiger partial charge in [-0.15, -0.1) is 0 Å². The summed E-state index contributed by atoms with van der Waals surface area (Å²) in [6.45, 7) is 2.43. The molecule has 0 bridgehead atoms. The van der Waals surface area contributed by atoms with Crippen LogP contribution in [0.25, 0.3) is 0 Å². The maximum atomic E-state index is 13.8. The Balaban J connectivity index is 1.58. The summed E-state index contributed by atoms with van der Waals surface area (Å²) in [4.78, 5) is 43.4. The Kier molecular flexibility index (Phi) is 7.32. The second-order valence-corrected chi connectivity index (χ2v) is 7.98. The zero-order chi connectivity index (χ0) is 24.3. The Morgan fingerprint density at radius 1 is 1.09 bits per heavy atom. The number of nitrogens with zero attached hydrogens (tertiary/aromatic N) is 3. The van der Waals surface area contributed by atoms with Crippen molar-refractivity contribution in [3.63, 3.8) is 0 Å². The fourth-order valence-electron chi connectivity index (χ4n) is 3.75. The van der Waals surface area contributed by atoms with Crippen LogP contribution in [0.3, 0.4) is 0 Å². The van der Waals surface area contributed by atoms with Crippen molar-refractivity contribution in [2.75, 3.05) is 19.6 Å². The van der Waals surface area contributed by atoms with Crippen LogP contribution in [-0.2, 0) is 11.2 Å². The van der Waals surface area contributed by atoms with Crippen molar-refractivity contribution >= 4 is 17.8 Å². The molecular formula is C22H23F3N4O4. The van der Waals surface area contributed by atoms with Gasteiger partial charge < -0.3 is 20.6 Å². The number of piperazine rings is 1. The molecule has 176 valence electrons. The number of nitrogens with two attached hydrogens (primary N) is 1. The number of carbonyl (C=O) groups excluding carboxylic acids is 2. The van der Waals surface area contributed by atoms with Crippen LogP contribution in [-0.4, -0.2) is 69.4 Å². The summed E-state index contributed by atoms with van der Waals surface area (Å²) >= 11 is 0. The molecule has 8 nitrogen and oxygen atoms in total. The molecule has 0 saturated carbocycles. The van der Waals surface area contributed by atoms with Gasteiger partial charge in [-0.05, 0) is 31.0 Å². The fraction of sp³-hybridized carbons (Fsp3) is 0.364. The maximum absolute atomic E-state index is 13.8. The van der Waals surface area contributed by atoms with Gasteiger partial charge in [0.1, 0.15) is 5.82 Å². The Labute approximate surface area is 187 Å². The van der Waals surface area contributed by atoms with E-state index in [0.717, 1.165) is 12.3 Å². The second kappa shape index (κ2) is 9.99. The van der Waals surface area contributed by atoms with Crippen molar-refractivity contribution in [1.82, 2.24) is 14.8 Å². The topological polar surface area (TPSA) is 117 Å². The molecule has 3 rings (SSSR count). The molecule has 2 aromatic rings. The number of halogens is 3. The molecule has 1 fully saturated rings. The molecule has 1 aliphatic rings. The maximum Gasteiger partial charge on any atom is 0.337 e. The quantitative estimate of drug-likeness (QED) is 0.630. The Hall–Kier alpha value is -3.47. The van der Waals surface area contributed by atoms with Crippen molar-refractivity contribution in [3.05, 3.63) is 64.7 Å². The number of hydrogen-bond donors (Lipinski definition) is 2. The summed E-state index contributed by atoms with van der Waals surface area (Å²) in [6, 6.07) is 1.26. The third-order valence-corrected chi connectivity index (χ3v) is 5.48. The van der Waals surface area contributed by atoms with Gasteiger partial charge in [0.25, 0.3) is 5.91 Å². The summed E-state index contributed by atoms with van der Waals surface area (Å²) in [7, 11) is 0. The van der Waals surface area contributed by atoms with E-state index >= 15 is 0 Å². The van der Waals surface area contributed by atoms with E-state index in [-0.39, 0.29) is 61.1 Å². The van der Waals surface area contributed by atoms with Gasteiger partial charge in [0.15, 0.2) is 11.6 Å². The van der Waals surface area contributed by atoms with Crippen LogP contribution in [0, 0.1) is 17.5 Å². The molecule has 0 aliphatic carbocycles. The van der Waals surface area contributed by atoms with E-state index in [4.69, 9.17) is 10.8 Å². The van der Waals surface area contributed by atoms with Gasteiger partial charge in [-0.3, -0.25) is 14.6 Å². The summed E-state index contributed by atoms with van der Waals surface area (Å²) in [5, 5.41) is 9.08. The van der Waals surface area contributed by atoms with Crippen molar-refractivity contribution < 1.29 is 32.7 Å². The first-order valence-electron chi connectivity index (χ1n) is 10.2. The zero-order valence-electron chi connectivity index (χ0n) is 17.8. The smallest absolute Gasteiger partial charge is 0.337 e. The molecule has 3 N–H and O–H groups in total. The van der Waals surface area contributed by atoms with Crippen LogP contribution < -0.4 is 5.73 Å². The molecule has 11 heteroatoms. The molecule has 1 aromatic carbocycles. The van der Waals surface area contributed by atoms with Gasteiger partial charge in [0.05, 0.1) is 11.1 Å². The lowest BCUT2D eigenvalue weighted by atomic mass is 10.0. The van der Waals surface area contributed by atoms with E-state index in [1.807, 2.05) is 0 Å². The number of benzene rings is 1. The lowest BCUT2D eigenvalue weighted by molar-refractivity contribution is -0.134. The monoisotopic (exact) mass is 464 g/mol. The van der Waals surface area contributed by atoms with Crippen LogP contribution in [0.1, 0.15) is 39.6 Å². The largest absolute Gasteiger partial charge is 0.478 e. The van der Waals surface area contributed by atoms with Gasteiger partial charge >= 0.3 is 5.97 Å². The number of aromatic nitrogens is 1. The highest BCUT2D eigenvalue weighted by molar-refractivity contribution is 5.97. The minimum atomic E-state index is -1.30. The molecule has 0 unspecified atom stereocenters. The molecule has 0 radical (unpaired) electrons. The second-order valence-electron chi connectivity index (χ2n) is 7.98. The van der Waals surface area contributed by atoms with Crippen molar-refractivity contribution in [1.29, 1.82) is 0 Å². The molecule has 2 atom stereocenters. The first kappa shape index (κ1) is 24.2. The van der Waals surface area contributed by atoms with Crippen LogP contribution >= 0.6 is 0 Å². The number of carboxylic acid groups (broad SMARTS) is 1. The van der Waals surface area contributed by atoms with Crippen LogP contribution in [0.5, 0.6) is 0 Å². The number of hydrogen-bond acceptors (Lipinski definition) is 5. The predicted molar refractivity (Wildman–Crippen MR) is 111 cm³/mol. The minimum Gasteiger partial charge on any atom is -0.478 e. The van der Waals surface area contributed by atoms with E-state index in [0.29, 0.717) is 6.07 Å². The minimum absolute atomic E-state index is 0.103. The average molecular weight is 464 g/mol. The lowest BCUT2D eigenvalue weighted by Gasteiger charge is -2.40. The van der Waals surface area contributed by atoms with E-state index < -0.39 is 35.4 Å². The Morgan fingerprint density at radius 2 is 1.76 bits per heavy atom. The molecule has 33 heavy (non-hydrogen) atoms. The van der Waals surface area contributed by atoms with Gasteiger partial charge in [-0.2, -0.15) is 0 Å². The summed E-state index contributed by atoms with van der Waals surface area (Å²) in [5.41, 5.74) is 5.86. The van der Waals surface area contributed by atoms with Gasteiger partial charge in [-0.25, -0.2) is 18.0 Å². The zero-order valence-corrected chi connectivity index (χ0v) is 17.8. The van der Waals surface area contributed by atoms with E-state index in [9.17, 15) is 27.6 Å². The predicted octanol–water partition coefficient (Wildman–Crippen LogP) is 1.83. The third kappa shape index (κ3) is 5.67. The molecule has 0 spiro atoms. The summed E-state index contributed by atoms with van der Waals surface area (Å²) < 4.78 is 40.3. The van der Waals surface area contributed by atoms with E-state index in [1.165, 1.54) is 22.1 Å². The highest BCUT2D eigenvalue weighted by atomic mass is 19.2. The van der Waals surface area contributed by atoms with E-state index in [2.05, 4.69) is 4.98 Å². The highest BCUT2D eigenvalue weighted by Crippen LogP contribution is 2.18. The first-order valence-corrected chi connectivity index (χ1v) is 10.2. The van der Waals surface area contributed by atoms with Gasteiger partial charge in [0, 0.05) is 56.6 Å². The third-order valence-electron chi connectivity index (χ3n) is 5.48. The highest BCUT2D eigenvalue weighted by Gasteiger charge is 2.31. The number of aromatic carboxylic acids is 1. The number of carboxylic acids is 1. The van der Waals surface area contributed by atoms with Crippen molar-refractivity contribution in [3.8, 4) is 0 Å². The first-order chi connectivity index (χ1) is 15.6. The number of carbonyl (C=O) groups is 3. The Bertz CT molecular complexity index is 1080. The molecule has 1 saturated heterocycles. The summed E-state index contributed by atoms with van der Waals surface area (Å²) in [6.07, 6.45) is 2.16. The van der Waals surface area contributed by atoms with Gasteiger partial charge in [-0.1, -0.05) is 0 Å². The molecule has 2 amide bonds. The van der Waals surface area contributed by atoms with Gasteiger partial charge in [0.2, 0.25) is 5.91 Å². The lowest BCUT2D eigenvalue weighted by Crippen LogP contribution is -2.56. The number of rotatable bonds is 6. The van der Waals surface area contributed by atoms with E-state index in [1.54, 1.807) is 6.92 Å². The van der Waals surface area contributed by atoms with Crippen LogP contribution in [0.2, 0.25) is 0 Å². The number of amides is 2. The molecular weight excluding hydrogens is 441 g/mol. The molecule has 2 heterocycles. The SMILES string of the molecule is C[C@@H]1CN(C(=O)C[C@H](N)Cc2cc(F)c(F)cc2F)CCN1C(=O)c1cncc(C(=O)O)c1. The normalized spacial score (nSPS) is 17.1. The molecule has 1 aliphatic heterocycles. The molecule has 1 aromatic heterocycles. The van der Waals surface area contributed by atoms with Crippen molar-refractivity contribution in [2.45, 2.75) is 31.8 Å². The number of pyridine rings is 1. The Morgan fingerprint density at radius 3 is 2.42 bits per heavy atom. The average Bonchev–Trinajstić information content (AvgIpc) is 2.77. The van der Waals surface area contributed by atoms with Crippen molar-refractivity contribution in [2.24, 2.45) is 5.73 Å².